The molecule has 0 fully saturated rings. The van der Waals surface area contributed by atoms with Crippen molar-refractivity contribution in [3.05, 3.63) is 90.4 Å². The summed E-state index contributed by atoms with van der Waals surface area (Å²) < 4.78 is 29.1. The van der Waals surface area contributed by atoms with Crippen molar-refractivity contribution in [3.8, 4) is 11.3 Å². The van der Waals surface area contributed by atoms with Crippen molar-refractivity contribution in [1.29, 1.82) is 0 Å². The number of anilines is 1. The molecule has 5 aromatic rings. The number of hydrogen-bond acceptors (Lipinski definition) is 5. The molecule has 7 heteroatoms. The van der Waals surface area contributed by atoms with Gasteiger partial charge in [-0.25, -0.2) is 18.7 Å². The van der Waals surface area contributed by atoms with E-state index < -0.39 is 11.6 Å². The Hall–Kier alpha value is -4.00. The summed E-state index contributed by atoms with van der Waals surface area (Å²) in [6.45, 7) is 0.282. The van der Waals surface area contributed by atoms with E-state index in [9.17, 15) is 8.78 Å². The first-order chi connectivity index (χ1) is 15.2. The van der Waals surface area contributed by atoms with Gasteiger partial charge in [0, 0.05) is 53.1 Å². The first-order valence-corrected chi connectivity index (χ1v) is 9.83. The predicted molar refractivity (Wildman–Crippen MR) is 117 cm³/mol. The van der Waals surface area contributed by atoms with Crippen LogP contribution in [0.4, 0.5) is 14.7 Å². The number of nitrogens with zero attached hydrogens (tertiary/aromatic N) is 4. The number of hydrogen-bond donors (Lipinski definition) is 1. The van der Waals surface area contributed by atoms with Crippen LogP contribution in [0.1, 0.15) is 5.56 Å². The highest BCUT2D eigenvalue weighted by Crippen LogP contribution is 2.24. The quantitative estimate of drug-likeness (QED) is 0.431. The fraction of sp³-hybridized carbons (Fsp3) is 0.0833. The average Bonchev–Trinajstić information content (AvgIpc) is 2.81. The van der Waals surface area contributed by atoms with Crippen LogP contribution in [-0.4, -0.2) is 26.5 Å². The zero-order valence-electron chi connectivity index (χ0n) is 16.4. The SMILES string of the molecule is Fc1cc2ncccc2c(F)c1CCNc1nccc(-c2ccc3ncccc3c2)n1. The third kappa shape index (κ3) is 3.77. The lowest BCUT2D eigenvalue weighted by molar-refractivity contribution is 0.565. The maximum atomic E-state index is 14.7. The van der Waals surface area contributed by atoms with Crippen LogP contribution in [-0.2, 0) is 6.42 Å². The van der Waals surface area contributed by atoms with Gasteiger partial charge >= 0.3 is 0 Å². The zero-order valence-corrected chi connectivity index (χ0v) is 16.4. The highest BCUT2D eigenvalue weighted by Gasteiger charge is 2.14. The summed E-state index contributed by atoms with van der Waals surface area (Å²) in [7, 11) is 0. The van der Waals surface area contributed by atoms with Crippen LogP contribution < -0.4 is 5.32 Å². The molecule has 1 N–H and O–H groups in total. The van der Waals surface area contributed by atoms with Crippen molar-refractivity contribution in [2.24, 2.45) is 0 Å². The lowest BCUT2D eigenvalue weighted by atomic mass is 10.1. The van der Waals surface area contributed by atoms with Crippen molar-refractivity contribution in [1.82, 2.24) is 19.9 Å². The summed E-state index contributed by atoms with van der Waals surface area (Å²) in [5.74, 6) is -0.790. The second kappa shape index (κ2) is 8.02. The van der Waals surface area contributed by atoms with Gasteiger partial charge in [0.05, 0.1) is 16.7 Å². The van der Waals surface area contributed by atoms with E-state index in [1.165, 1.54) is 12.3 Å². The van der Waals surface area contributed by atoms with Crippen LogP contribution in [0.2, 0.25) is 0 Å². The normalized spacial score (nSPS) is 11.2. The van der Waals surface area contributed by atoms with Gasteiger partial charge in [-0.15, -0.1) is 0 Å². The van der Waals surface area contributed by atoms with E-state index in [1.54, 1.807) is 24.5 Å². The van der Waals surface area contributed by atoms with Crippen LogP contribution in [0.25, 0.3) is 33.1 Å². The fourth-order valence-electron chi connectivity index (χ4n) is 3.56. The van der Waals surface area contributed by atoms with Crippen LogP contribution in [0.3, 0.4) is 0 Å². The lowest BCUT2D eigenvalue weighted by Gasteiger charge is -2.10. The van der Waals surface area contributed by atoms with Gasteiger partial charge < -0.3 is 5.32 Å². The van der Waals surface area contributed by atoms with Gasteiger partial charge in [-0.1, -0.05) is 12.1 Å². The van der Waals surface area contributed by atoms with Gasteiger partial charge in [-0.3, -0.25) is 9.97 Å². The number of nitrogens with one attached hydrogen (secondary N) is 1. The molecule has 0 aliphatic carbocycles. The van der Waals surface area contributed by atoms with E-state index >= 15 is 0 Å². The molecule has 31 heavy (non-hydrogen) atoms. The molecule has 0 bridgehead atoms. The van der Waals surface area contributed by atoms with Crippen LogP contribution in [0.5, 0.6) is 0 Å². The Morgan fingerprint density at radius 2 is 1.65 bits per heavy atom. The standard InChI is InChI=1S/C24H17F2N5/c25-19-14-22-18(4-2-10-28-22)23(26)17(19)7-11-29-24-30-12-8-21(31-24)16-5-6-20-15(13-16)3-1-9-27-20/h1-6,8-10,12-14H,7,11H2,(H,29,30,31). The number of pyridine rings is 2. The van der Waals surface area contributed by atoms with Gasteiger partial charge in [0.25, 0.3) is 0 Å². The van der Waals surface area contributed by atoms with Crippen molar-refractivity contribution in [2.45, 2.75) is 6.42 Å². The minimum atomic E-state index is -0.607. The van der Waals surface area contributed by atoms with Gasteiger partial charge in [-0.05, 0) is 42.8 Å². The summed E-state index contributed by atoms with van der Waals surface area (Å²) in [6, 6.07) is 16.1. The molecule has 0 saturated heterocycles. The Morgan fingerprint density at radius 3 is 2.55 bits per heavy atom. The van der Waals surface area contributed by atoms with E-state index in [0.717, 1.165) is 22.2 Å². The molecule has 5 nitrogen and oxygen atoms in total. The summed E-state index contributed by atoms with van der Waals surface area (Å²) in [5.41, 5.74) is 2.91. The molecular weight excluding hydrogens is 396 g/mol. The van der Waals surface area contributed by atoms with Crippen LogP contribution >= 0.6 is 0 Å². The van der Waals surface area contributed by atoms with Crippen LogP contribution in [0.15, 0.2) is 73.2 Å². The molecule has 3 heterocycles. The van der Waals surface area contributed by atoms with Crippen molar-refractivity contribution < 1.29 is 8.78 Å². The Kier molecular flexibility index (Phi) is 4.92. The topological polar surface area (TPSA) is 63.6 Å². The molecule has 0 aliphatic heterocycles. The Labute approximate surface area is 176 Å². The van der Waals surface area contributed by atoms with Gasteiger partial charge in [0.1, 0.15) is 11.6 Å². The Balaban J connectivity index is 1.34. The fourth-order valence-corrected chi connectivity index (χ4v) is 3.56. The lowest BCUT2D eigenvalue weighted by Crippen LogP contribution is -2.10. The molecular formula is C24H17F2N5. The monoisotopic (exact) mass is 413 g/mol. The number of rotatable bonds is 5. The molecule has 0 atom stereocenters. The second-order valence-corrected chi connectivity index (χ2v) is 7.07. The molecule has 5 rings (SSSR count). The highest BCUT2D eigenvalue weighted by molar-refractivity contribution is 5.83. The molecule has 0 unspecified atom stereocenters. The largest absolute Gasteiger partial charge is 0.354 e. The molecule has 0 saturated carbocycles. The summed E-state index contributed by atoms with van der Waals surface area (Å²) in [4.78, 5) is 17.1. The first-order valence-electron chi connectivity index (χ1n) is 9.83. The predicted octanol–water partition coefficient (Wildman–Crippen LogP) is 5.17. The smallest absolute Gasteiger partial charge is 0.223 e. The van der Waals surface area contributed by atoms with E-state index in [-0.39, 0.29) is 18.5 Å². The third-order valence-corrected chi connectivity index (χ3v) is 5.10. The number of halogens is 2. The molecule has 2 aromatic carbocycles. The summed E-state index contributed by atoms with van der Waals surface area (Å²) >= 11 is 0. The van der Waals surface area contributed by atoms with Crippen molar-refractivity contribution in [2.75, 3.05) is 11.9 Å². The average molecular weight is 413 g/mol. The number of fused-ring (bicyclic) bond motifs is 2. The van der Waals surface area contributed by atoms with E-state index in [4.69, 9.17) is 0 Å². The van der Waals surface area contributed by atoms with E-state index in [2.05, 4.69) is 25.3 Å². The van der Waals surface area contributed by atoms with Gasteiger partial charge in [0.2, 0.25) is 5.95 Å². The molecule has 152 valence electrons. The Morgan fingerprint density at radius 1 is 0.806 bits per heavy atom. The molecule has 0 spiro atoms. The molecule has 0 aliphatic rings. The maximum absolute atomic E-state index is 14.7. The van der Waals surface area contributed by atoms with E-state index in [1.807, 2.05) is 36.4 Å². The zero-order chi connectivity index (χ0) is 21.2. The molecule has 0 amide bonds. The van der Waals surface area contributed by atoms with Crippen molar-refractivity contribution in [3.63, 3.8) is 0 Å². The molecule has 0 radical (unpaired) electrons. The third-order valence-electron chi connectivity index (χ3n) is 5.10. The number of benzene rings is 2. The van der Waals surface area contributed by atoms with Gasteiger partial charge in [-0.2, -0.15) is 0 Å². The van der Waals surface area contributed by atoms with Crippen LogP contribution in [0, 0.1) is 11.6 Å². The maximum Gasteiger partial charge on any atom is 0.223 e. The first kappa shape index (κ1) is 19.0. The molecule has 3 aromatic heterocycles. The van der Waals surface area contributed by atoms with Crippen molar-refractivity contribution >= 4 is 27.8 Å². The van der Waals surface area contributed by atoms with Gasteiger partial charge in [0.15, 0.2) is 0 Å². The minimum Gasteiger partial charge on any atom is -0.354 e. The summed E-state index contributed by atoms with van der Waals surface area (Å²) in [5, 5.41) is 4.39. The second-order valence-electron chi connectivity index (χ2n) is 7.07. The van der Waals surface area contributed by atoms with E-state index in [0.29, 0.717) is 16.9 Å². The minimum absolute atomic E-state index is 0.0196. The highest BCUT2D eigenvalue weighted by atomic mass is 19.1. The number of aromatic nitrogens is 4. The Bertz CT molecular complexity index is 1400. The summed E-state index contributed by atoms with van der Waals surface area (Å²) in [6.07, 6.45) is 5.07.